The van der Waals surface area contributed by atoms with Crippen LogP contribution in [-0.2, 0) is 0 Å². The minimum atomic E-state index is -0.119. The first kappa shape index (κ1) is 13.7. The van der Waals surface area contributed by atoms with Crippen molar-refractivity contribution in [3.8, 4) is 24.3 Å². The van der Waals surface area contributed by atoms with Crippen LogP contribution in [0.5, 0.6) is 0 Å². The monoisotopic (exact) mass is 244 g/mol. The lowest BCUT2D eigenvalue weighted by atomic mass is 9.92. The molecule has 0 aromatic heterocycles. The van der Waals surface area contributed by atoms with Gasteiger partial charge in [0.05, 0.1) is 0 Å². The molecule has 0 saturated carbocycles. The van der Waals surface area contributed by atoms with Gasteiger partial charge in [-0.25, -0.2) is 0 Å². The molecule has 88 valence electrons. The second-order valence-corrected chi connectivity index (χ2v) is 3.56. The van der Waals surface area contributed by atoms with Gasteiger partial charge in [-0.15, -0.1) is 0 Å². The van der Waals surface area contributed by atoms with Crippen LogP contribution in [0.15, 0.2) is 47.1 Å². The fourth-order valence-corrected chi connectivity index (χ4v) is 1.61. The van der Waals surface area contributed by atoms with Gasteiger partial charge in [0, 0.05) is 5.57 Å². The SMILES string of the molecule is CC(=C(C#N)C#N)C(=C(C#N)C#N)c1ccccc1. The zero-order valence-corrected chi connectivity index (χ0v) is 10.2. The maximum absolute atomic E-state index is 9.02. The van der Waals surface area contributed by atoms with E-state index >= 15 is 0 Å². The molecule has 0 fully saturated rings. The van der Waals surface area contributed by atoms with E-state index in [0.717, 1.165) is 0 Å². The van der Waals surface area contributed by atoms with E-state index in [1.54, 1.807) is 61.5 Å². The molecule has 0 aliphatic rings. The number of allylic oxidation sites excluding steroid dienone is 4. The molecular formula is C15H8N4. The Morgan fingerprint density at radius 1 is 0.789 bits per heavy atom. The van der Waals surface area contributed by atoms with Gasteiger partial charge in [0.25, 0.3) is 0 Å². The summed E-state index contributed by atoms with van der Waals surface area (Å²) in [5.74, 6) is 0. The summed E-state index contributed by atoms with van der Waals surface area (Å²) in [4.78, 5) is 0. The van der Waals surface area contributed by atoms with E-state index in [9.17, 15) is 0 Å². The molecule has 0 unspecified atom stereocenters. The number of nitriles is 4. The fourth-order valence-electron chi connectivity index (χ4n) is 1.61. The average molecular weight is 244 g/mol. The molecule has 0 amide bonds. The lowest BCUT2D eigenvalue weighted by molar-refractivity contribution is 1.38. The van der Waals surface area contributed by atoms with Crippen LogP contribution in [0.3, 0.4) is 0 Å². The van der Waals surface area contributed by atoms with Crippen LogP contribution in [0.1, 0.15) is 12.5 Å². The summed E-state index contributed by atoms with van der Waals surface area (Å²) < 4.78 is 0. The van der Waals surface area contributed by atoms with E-state index in [1.165, 1.54) is 0 Å². The van der Waals surface area contributed by atoms with E-state index in [1.807, 2.05) is 0 Å². The van der Waals surface area contributed by atoms with E-state index in [-0.39, 0.29) is 11.1 Å². The molecule has 1 aromatic carbocycles. The molecule has 0 atom stereocenters. The standard InChI is InChI=1S/C15H8N4/c1-11(13(7-16)8-17)15(14(9-18)10-19)12-5-3-2-4-6-12/h2-6H,1H3. The van der Waals surface area contributed by atoms with Gasteiger partial charge in [-0.2, -0.15) is 21.0 Å². The summed E-state index contributed by atoms with van der Waals surface area (Å²) in [6, 6.07) is 15.9. The Bertz CT molecular complexity index is 679. The van der Waals surface area contributed by atoms with Crippen LogP contribution in [0.4, 0.5) is 0 Å². The van der Waals surface area contributed by atoms with Crippen LogP contribution in [-0.4, -0.2) is 0 Å². The summed E-state index contributed by atoms with van der Waals surface area (Å²) in [5.41, 5.74) is 1.05. The molecule has 1 rings (SSSR count). The highest BCUT2D eigenvalue weighted by molar-refractivity contribution is 5.87. The molecule has 0 bridgehead atoms. The lowest BCUT2D eigenvalue weighted by Gasteiger charge is -2.08. The number of rotatable bonds is 2. The van der Waals surface area contributed by atoms with Crippen molar-refractivity contribution in [1.29, 1.82) is 21.0 Å². The van der Waals surface area contributed by atoms with Gasteiger partial charge in [0.1, 0.15) is 35.4 Å². The predicted molar refractivity (Wildman–Crippen MR) is 68.5 cm³/mol. The fraction of sp³-hybridized carbons (Fsp3) is 0.0667. The molecule has 0 aliphatic carbocycles. The van der Waals surface area contributed by atoms with Crippen molar-refractivity contribution in [2.75, 3.05) is 0 Å². The van der Waals surface area contributed by atoms with Crippen molar-refractivity contribution in [3.63, 3.8) is 0 Å². The van der Waals surface area contributed by atoms with Crippen LogP contribution < -0.4 is 0 Å². The smallest absolute Gasteiger partial charge is 0.137 e. The first-order valence-corrected chi connectivity index (χ1v) is 5.31. The van der Waals surface area contributed by atoms with Crippen LogP contribution in [0, 0.1) is 45.3 Å². The third-order valence-corrected chi connectivity index (χ3v) is 2.51. The van der Waals surface area contributed by atoms with E-state index in [0.29, 0.717) is 16.7 Å². The summed E-state index contributed by atoms with van der Waals surface area (Å²) >= 11 is 0. The molecule has 1 aromatic rings. The number of hydrogen-bond acceptors (Lipinski definition) is 4. The second kappa shape index (κ2) is 6.41. The number of hydrogen-bond donors (Lipinski definition) is 0. The maximum Gasteiger partial charge on any atom is 0.137 e. The highest BCUT2D eigenvalue weighted by atomic mass is 14.3. The van der Waals surface area contributed by atoms with Crippen LogP contribution >= 0.6 is 0 Å². The molecule has 0 heterocycles. The summed E-state index contributed by atoms with van der Waals surface area (Å²) in [7, 11) is 0. The van der Waals surface area contributed by atoms with Crippen molar-refractivity contribution in [2.24, 2.45) is 0 Å². The largest absolute Gasteiger partial charge is 0.192 e. The van der Waals surface area contributed by atoms with Gasteiger partial charge < -0.3 is 0 Å². The first-order chi connectivity index (χ1) is 9.19. The predicted octanol–water partition coefficient (Wildman–Crippen LogP) is 2.85. The van der Waals surface area contributed by atoms with Crippen molar-refractivity contribution < 1.29 is 0 Å². The van der Waals surface area contributed by atoms with Gasteiger partial charge in [-0.05, 0) is 18.1 Å². The zero-order chi connectivity index (χ0) is 14.3. The van der Waals surface area contributed by atoms with Crippen LogP contribution in [0.25, 0.3) is 5.57 Å². The average Bonchev–Trinajstić information content (AvgIpc) is 2.46. The third-order valence-electron chi connectivity index (χ3n) is 2.51. The third kappa shape index (κ3) is 2.86. The number of benzene rings is 1. The molecule has 0 radical (unpaired) electrons. The Labute approximate surface area is 111 Å². The van der Waals surface area contributed by atoms with Crippen molar-refractivity contribution in [1.82, 2.24) is 0 Å². The van der Waals surface area contributed by atoms with Crippen LogP contribution in [0.2, 0.25) is 0 Å². The van der Waals surface area contributed by atoms with Gasteiger partial charge in [-0.1, -0.05) is 30.3 Å². The minimum Gasteiger partial charge on any atom is -0.192 e. The zero-order valence-electron chi connectivity index (χ0n) is 10.2. The van der Waals surface area contributed by atoms with Gasteiger partial charge >= 0.3 is 0 Å². The highest BCUT2D eigenvalue weighted by Gasteiger charge is 2.14. The van der Waals surface area contributed by atoms with Gasteiger partial charge in [-0.3, -0.25) is 0 Å². The minimum absolute atomic E-state index is 0.109. The molecule has 0 aliphatic heterocycles. The molecule has 4 heteroatoms. The first-order valence-electron chi connectivity index (χ1n) is 5.31. The summed E-state index contributed by atoms with van der Waals surface area (Å²) in [6.07, 6.45) is 0. The lowest BCUT2D eigenvalue weighted by Crippen LogP contribution is -1.94. The molecule has 0 N–H and O–H groups in total. The summed E-state index contributed by atoms with van der Waals surface area (Å²) in [6.45, 7) is 1.55. The second-order valence-electron chi connectivity index (χ2n) is 3.56. The Kier molecular flexibility index (Phi) is 4.63. The maximum atomic E-state index is 9.02. The summed E-state index contributed by atoms with van der Waals surface area (Å²) in [5, 5.41) is 35.8. The molecule has 0 saturated heterocycles. The highest BCUT2D eigenvalue weighted by Crippen LogP contribution is 2.28. The Hall–Kier alpha value is -3.34. The van der Waals surface area contributed by atoms with E-state index < -0.39 is 0 Å². The topological polar surface area (TPSA) is 95.2 Å². The van der Waals surface area contributed by atoms with Crippen molar-refractivity contribution in [3.05, 3.63) is 52.6 Å². The van der Waals surface area contributed by atoms with E-state index in [2.05, 4.69) is 0 Å². The molecule has 0 spiro atoms. The van der Waals surface area contributed by atoms with Crippen molar-refractivity contribution >= 4 is 5.57 Å². The van der Waals surface area contributed by atoms with Gasteiger partial charge in [0.15, 0.2) is 0 Å². The molecule has 19 heavy (non-hydrogen) atoms. The quantitative estimate of drug-likeness (QED) is 0.590. The Balaban J connectivity index is 3.71. The van der Waals surface area contributed by atoms with Gasteiger partial charge in [0.2, 0.25) is 0 Å². The molecule has 4 nitrogen and oxygen atoms in total. The van der Waals surface area contributed by atoms with Crippen molar-refractivity contribution in [2.45, 2.75) is 6.92 Å². The van der Waals surface area contributed by atoms with E-state index in [4.69, 9.17) is 21.0 Å². The normalized spacial score (nSPS) is 8.05. The molecular weight excluding hydrogens is 236 g/mol. The number of nitrogens with zero attached hydrogens (tertiary/aromatic N) is 4. The Morgan fingerprint density at radius 3 is 1.68 bits per heavy atom. The Morgan fingerprint density at radius 2 is 1.26 bits per heavy atom.